The van der Waals surface area contributed by atoms with E-state index >= 15 is 0 Å². The molecule has 5 nitrogen and oxygen atoms in total. The molecule has 4 rings (SSSR count). The van der Waals surface area contributed by atoms with Crippen LogP contribution in [0.1, 0.15) is 68.3 Å². The van der Waals surface area contributed by atoms with E-state index in [1.54, 1.807) is 0 Å². The Morgan fingerprint density at radius 1 is 1.06 bits per heavy atom. The first-order valence-electron chi connectivity index (χ1n) is 12.9. The second-order valence-electron chi connectivity index (χ2n) is 10.5. The lowest BCUT2D eigenvalue weighted by Crippen LogP contribution is -3.00. The van der Waals surface area contributed by atoms with Crippen molar-refractivity contribution in [3.8, 4) is 0 Å². The maximum absolute atomic E-state index is 12.8. The lowest BCUT2D eigenvalue weighted by Gasteiger charge is -2.43. The van der Waals surface area contributed by atoms with Gasteiger partial charge in [-0.1, -0.05) is 50.3 Å². The molecule has 2 aromatic rings. The molecule has 34 heavy (non-hydrogen) atoms. The van der Waals surface area contributed by atoms with E-state index < -0.39 is 0 Å². The van der Waals surface area contributed by atoms with Gasteiger partial charge < -0.3 is 31.7 Å². The van der Waals surface area contributed by atoms with Gasteiger partial charge in [-0.05, 0) is 37.8 Å². The van der Waals surface area contributed by atoms with Crippen LogP contribution in [0.25, 0.3) is 0 Å². The Morgan fingerprint density at radius 3 is 2.47 bits per heavy atom. The van der Waals surface area contributed by atoms with E-state index in [1.807, 2.05) is 35.5 Å². The Balaban J connectivity index is 0.00000324. The molecule has 188 valence electrons. The Labute approximate surface area is 220 Å². The summed E-state index contributed by atoms with van der Waals surface area (Å²) in [5.41, 5.74) is 1.60. The number of hydrogen-bond donors (Lipinski definition) is 1. The van der Waals surface area contributed by atoms with Gasteiger partial charge in [-0.15, -0.1) is 11.3 Å². The topological polar surface area (TPSA) is 45.2 Å². The Kier molecular flexibility index (Phi) is 10.4. The van der Waals surface area contributed by atoms with Crippen LogP contribution < -0.4 is 27.2 Å². The molecule has 1 N–H and O–H groups in total. The molecule has 2 aliphatic rings. The van der Waals surface area contributed by atoms with Gasteiger partial charge in [0.1, 0.15) is 5.69 Å². The van der Waals surface area contributed by atoms with Gasteiger partial charge in [0.15, 0.2) is 5.13 Å². The lowest BCUT2D eigenvalue weighted by atomic mass is 9.88. The van der Waals surface area contributed by atoms with Gasteiger partial charge in [0, 0.05) is 36.5 Å². The van der Waals surface area contributed by atoms with Gasteiger partial charge in [0.25, 0.3) is 5.91 Å². The number of nitrogens with one attached hydrogen (secondary N) is 1. The van der Waals surface area contributed by atoms with E-state index in [1.165, 1.54) is 93.2 Å². The number of thiazole rings is 1. The SMILES string of the molecule is CN(c1ccccc1)c1nc(C(=O)NC[C@@H]2CCC[N+](C)(CC3CCCCCCC3)C2)cs1.[Br-]. The van der Waals surface area contributed by atoms with E-state index in [0.29, 0.717) is 11.6 Å². The highest BCUT2D eigenvalue weighted by Gasteiger charge is 2.33. The van der Waals surface area contributed by atoms with E-state index in [9.17, 15) is 4.79 Å². The zero-order valence-corrected chi connectivity index (χ0v) is 23.2. The van der Waals surface area contributed by atoms with Crippen molar-refractivity contribution in [2.24, 2.45) is 11.8 Å². The van der Waals surface area contributed by atoms with E-state index in [-0.39, 0.29) is 22.9 Å². The monoisotopic (exact) mass is 548 g/mol. The fourth-order valence-electron chi connectivity index (χ4n) is 5.86. The lowest BCUT2D eigenvalue weighted by molar-refractivity contribution is -0.920. The van der Waals surface area contributed by atoms with Crippen LogP contribution in [0, 0.1) is 11.8 Å². The van der Waals surface area contributed by atoms with Crippen molar-refractivity contribution in [2.45, 2.75) is 57.8 Å². The Hall–Kier alpha value is -1.44. The summed E-state index contributed by atoms with van der Waals surface area (Å²) in [5, 5.41) is 5.91. The van der Waals surface area contributed by atoms with Gasteiger partial charge in [0.2, 0.25) is 0 Å². The molecular formula is C27H41BrN4OS. The first-order chi connectivity index (χ1) is 16.0. The number of quaternary nitrogens is 1. The van der Waals surface area contributed by atoms with Crippen LogP contribution in [0.3, 0.4) is 0 Å². The number of nitrogens with zero attached hydrogens (tertiary/aromatic N) is 3. The number of piperidine rings is 1. The Bertz CT molecular complexity index is 884. The first-order valence-corrected chi connectivity index (χ1v) is 13.8. The minimum atomic E-state index is -0.0428. The maximum atomic E-state index is 12.8. The predicted octanol–water partition coefficient (Wildman–Crippen LogP) is 2.86. The Morgan fingerprint density at radius 2 is 1.74 bits per heavy atom. The molecule has 7 heteroatoms. The molecule has 2 atom stereocenters. The number of carbonyl (C=O) groups excluding carboxylic acids is 1. The first kappa shape index (κ1) is 27.2. The smallest absolute Gasteiger partial charge is 0.270 e. The van der Waals surface area contributed by atoms with Gasteiger partial charge >= 0.3 is 0 Å². The van der Waals surface area contributed by atoms with Crippen molar-refractivity contribution in [1.29, 1.82) is 0 Å². The van der Waals surface area contributed by atoms with Crippen LogP contribution in [-0.2, 0) is 0 Å². The molecule has 1 unspecified atom stereocenters. The quantitative estimate of drug-likeness (QED) is 0.541. The number of benzene rings is 1. The molecule has 1 aromatic carbocycles. The molecule has 0 spiro atoms. The summed E-state index contributed by atoms with van der Waals surface area (Å²) in [6.07, 6.45) is 12.4. The average molecular weight is 550 g/mol. The number of hydrogen-bond acceptors (Lipinski definition) is 4. The number of carbonyl (C=O) groups is 1. The number of amides is 1. The highest BCUT2D eigenvalue weighted by atomic mass is 79.9. The number of halogens is 1. The standard InChI is InChI=1S/C27H40N4OS.BrH/c1-30(24-15-9-6-10-16-24)27-29-25(21-33-27)26(32)28-18-23-14-11-17-31(2,20-23)19-22-12-7-4-3-5-8-13-22;/h6,9-10,15-16,21-23H,3-5,7-8,11-14,17-20H2,1-2H3;1H/t23-,31?;/m0./s1. The largest absolute Gasteiger partial charge is 1.00 e. The minimum Gasteiger partial charge on any atom is -1.00 e. The third-order valence-electron chi connectivity index (χ3n) is 7.64. The maximum Gasteiger partial charge on any atom is 0.270 e. The van der Waals surface area contributed by atoms with Crippen molar-refractivity contribution < 1.29 is 26.3 Å². The normalized spacial score (nSPS) is 23.9. The summed E-state index contributed by atoms with van der Waals surface area (Å²) < 4.78 is 1.19. The number of rotatable bonds is 7. The second kappa shape index (κ2) is 13.0. The molecule has 1 aliphatic heterocycles. The summed E-state index contributed by atoms with van der Waals surface area (Å²) in [5.74, 6) is 1.41. The molecule has 2 heterocycles. The molecule has 0 bridgehead atoms. The van der Waals surface area contributed by atoms with Crippen LogP contribution in [0.5, 0.6) is 0 Å². The van der Waals surface area contributed by atoms with Crippen molar-refractivity contribution in [2.75, 3.05) is 45.2 Å². The van der Waals surface area contributed by atoms with Gasteiger partial charge in [-0.25, -0.2) is 4.98 Å². The highest BCUT2D eigenvalue weighted by molar-refractivity contribution is 7.14. The van der Waals surface area contributed by atoms with Crippen molar-refractivity contribution in [3.63, 3.8) is 0 Å². The fourth-order valence-corrected chi connectivity index (χ4v) is 6.65. The third kappa shape index (κ3) is 7.53. The molecule has 2 fully saturated rings. The summed E-state index contributed by atoms with van der Waals surface area (Å²) in [4.78, 5) is 19.4. The summed E-state index contributed by atoms with van der Waals surface area (Å²) in [6, 6.07) is 10.1. The molecule has 1 aromatic heterocycles. The zero-order chi connectivity index (χ0) is 23.1. The molecule has 1 saturated carbocycles. The summed E-state index contributed by atoms with van der Waals surface area (Å²) >= 11 is 1.52. The molecule has 0 radical (unpaired) electrons. The summed E-state index contributed by atoms with van der Waals surface area (Å²) in [6.45, 7) is 4.57. The molecule has 1 amide bonds. The molecule has 1 aliphatic carbocycles. The minimum absolute atomic E-state index is 0. The average Bonchev–Trinajstić information content (AvgIpc) is 3.30. The van der Waals surface area contributed by atoms with Crippen LogP contribution in [0.4, 0.5) is 10.8 Å². The second-order valence-corrected chi connectivity index (χ2v) is 11.4. The predicted molar refractivity (Wildman–Crippen MR) is 138 cm³/mol. The fraction of sp³-hybridized carbons (Fsp3) is 0.630. The molecular weight excluding hydrogens is 508 g/mol. The van der Waals surface area contributed by atoms with Crippen molar-refractivity contribution in [3.05, 3.63) is 41.4 Å². The van der Waals surface area contributed by atoms with Gasteiger partial charge in [0.05, 0.1) is 26.7 Å². The van der Waals surface area contributed by atoms with E-state index in [4.69, 9.17) is 0 Å². The number of likely N-dealkylation sites (tertiary alicyclic amines) is 1. The van der Waals surface area contributed by atoms with Crippen LogP contribution in [-0.4, -0.2) is 55.6 Å². The van der Waals surface area contributed by atoms with E-state index in [2.05, 4.69) is 29.5 Å². The van der Waals surface area contributed by atoms with Crippen LogP contribution in [0.2, 0.25) is 0 Å². The van der Waals surface area contributed by atoms with Crippen molar-refractivity contribution >= 4 is 28.1 Å². The number of para-hydroxylation sites is 1. The molecule has 1 saturated heterocycles. The number of anilines is 2. The van der Waals surface area contributed by atoms with E-state index in [0.717, 1.165) is 23.3 Å². The zero-order valence-electron chi connectivity index (χ0n) is 20.8. The van der Waals surface area contributed by atoms with Crippen molar-refractivity contribution in [1.82, 2.24) is 10.3 Å². The summed E-state index contributed by atoms with van der Waals surface area (Å²) in [7, 11) is 4.45. The van der Waals surface area contributed by atoms with Gasteiger partial charge in [-0.2, -0.15) is 0 Å². The van der Waals surface area contributed by atoms with Crippen LogP contribution in [0.15, 0.2) is 35.7 Å². The van der Waals surface area contributed by atoms with Crippen LogP contribution >= 0.6 is 11.3 Å². The van der Waals surface area contributed by atoms with Gasteiger partial charge in [-0.3, -0.25) is 4.79 Å². The third-order valence-corrected chi connectivity index (χ3v) is 8.56. The number of aromatic nitrogens is 1. The highest BCUT2D eigenvalue weighted by Crippen LogP contribution is 2.29.